The molecular weight excluding hydrogens is 220 g/mol. The number of carboxylic acids is 1. The smallest absolute Gasteiger partial charge is 0.311 e. The average Bonchev–Trinajstić information content (AvgIpc) is 3.13. The van der Waals surface area contributed by atoms with Gasteiger partial charge in [-0.25, -0.2) is 0 Å². The third-order valence-corrected chi connectivity index (χ3v) is 3.13. The lowest BCUT2D eigenvalue weighted by Gasteiger charge is -2.14. The van der Waals surface area contributed by atoms with Gasteiger partial charge in [0.05, 0.1) is 20.1 Å². The first-order valence-electron chi connectivity index (χ1n) is 5.62. The summed E-state index contributed by atoms with van der Waals surface area (Å²) in [4.78, 5) is 11.3. The summed E-state index contributed by atoms with van der Waals surface area (Å²) in [5, 5.41) is 9.26. The van der Waals surface area contributed by atoms with E-state index in [1.165, 1.54) is 0 Å². The lowest BCUT2D eigenvalue weighted by molar-refractivity contribution is -0.139. The molecule has 1 atom stereocenters. The summed E-state index contributed by atoms with van der Waals surface area (Å²) in [5.41, 5.74) is 0.789. The molecule has 2 rings (SSSR count). The minimum absolute atomic E-state index is 0.269. The lowest BCUT2D eigenvalue weighted by atomic mass is 9.94. The first kappa shape index (κ1) is 11.8. The van der Waals surface area contributed by atoms with Gasteiger partial charge in [0.1, 0.15) is 0 Å². The van der Waals surface area contributed by atoms with Crippen LogP contribution in [-0.4, -0.2) is 25.3 Å². The summed E-state index contributed by atoms with van der Waals surface area (Å²) in [6.07, 6.45) is 1.98. The molecule has 0 bridgehead atoms. The summed E-state index contributed by atoms with van der Waals surface area (Å²) < 4.78 is 10.3. The quantitative estimate of drug-likeness (QED) is 0.852. The number of carboxylic acid groups (broad SMARTS) is 1. The molecule has 0 unspecified atom stereocenters. The van der Waals surface area contributed by atoms with Gasteiger partial charge in [-0.05, 0) is 36.5 Å². The van der Waals surface area contributed by atoms with E-state index >= 15 is 0 Å². The van der Waals surface area contributed by atoms with E-state index in [-0.39, 0.29) is 5.92 Å². The summed E-state index contributed by atoms with van der Waals surface area (Å²) in [5.74, 6) is 0.285. The molecule has 0 aliphatic heterocycles. The van der Waals surface area contributed by atoms with Crippen molar-refractivity contribution in [2.75, 3.05) is 14.2 Å². The Balaban J connectivity index is 2.34. The van der Waals surface area contributed by atoms with Crippen LogP contribution in [0.4, 0.5) is 0 Å². The van der Waals surface area contributed by atoms with Gasteiger partial charge >= 0.3 is 5.97 Å². The molecule has 1 aromatic carbocycles. The van der Waals surface area contributed by atoms with Crippen LogP contribution in [0.1, 0.15) is 24.3 Å². The van der Waals surface area contributed by atoms with Crippen molar-refractivity contribution in [3.63, 3.8) is 0 Å². The highest BCUT2D eigenvalue weighted by atomic mass is 16.5. The number of hydrogen-bond acceptors (Lipinski definition) is 3. The fourth-order valence-corrected chi connectivity index (χ4v) is 2.09. The van der Waals surface area contributed by atoms with Crippen LogP contribution < -0.4 is 9.47 Å². The Morgan fingerprint density at radius 1 is 1.29 bits per heavy atom. The van der Waals surface area contributed by atoms with Gasteiger partial charge in [0, 0.05) is 0 Å². The summed E-state index contributed by atoms with van der Waals surface area (Å²) in [7, 11) is 3.11. The minimum Gasteiger partial charge on any atom is -0.493 e. The van der Waals surface area contributed by atoms with Gasteiger partial charge in [0.15, 0.2) is 11.5 Å². The molecule has 0 aromatic heterocycles. The second-order valence-corrected chi connectivity index (χ2v) is 4.27. The van der Waals surface area contributed by atoms with E-state index in [0.717, 1.165) is 18.4 Å². The molecule has 92 valence electrons. The molecule has 0 amide bonds. The number of ether oxygens (including phenoxy) is 2. The van der Waals surface area contributed by atoms with Crippen molar-refractivity contribution >= 4 is 5.97 Å². The molecule has 1 aliphatic carbocycles. The highest BCUT2D eigenvalue weighted by Gasteiger charge is 2.37. The van der Waals surface area contributed by atoms with Crippen molar-refractivity contribution in [3.05, 3.63) is 23.8 Å². The molecule has 1 aliphatic rings. The Morgan fingerprint density at radius 2 is 1.94 bits per heavy atom. The van der Waals surface area contributed by atoms with E-state index < -0.39 is 11.9 Å². The van der Waals surface area contributed by atoms with Crippen LogP contribution in [0.3, 0.4) is 0 Å². The van der Waals surface area contributed by atoms with Crippen LogP contribution in [0.15, 0.2) is 18.2 Å². The molecule has 4 nitrogen and oxygen atoms in total. The highest BCUT2D eigenvalue weighted by molar-refractivity contribution is 5.77. The maximum absolute atomic E-state index is 11.3. The van der Waals surface area contributed by atoms with Crippen LogP contribution in [-0.2, 0) is 4.79 Å². The molecule has 17 heavy (non-hydrogen) atoms. The normalized spacial score (nSPS) is 16.4. The SMILES string of the molecule is COc1ccc([C@@H](C(=O)O)C2CC2)cc1OC. The first-order chi connectivity index (χ1) is 8.17. The third kappa shape index (κ3) is 2.35. The zero-order valence-corrected chi connectivity index (χ0v) is 9.97. The topological polar surface area (TPSA) is 55.8 Å². The van der Waals surface area contributed by atoms with Crippen molar-refractivity contribution in [1.82, 2.24) is 0 Å². The van der Waals surface area contributed by atoms with Gasteiger partial charge in [0.25, 0.3) is 0 Å². The molecule has 0 heterocycles. The van der Waals surface area contributed by atoms with Crippen LogP contribution in [0.25, 0.3) is 0 Å². The zero-order chi connectivity index (χ0) is 12.4. The molecule has 0 saturated heterocycles. The Hall–Kier alpha value is -1.71. The van der Waals surface area contributed by atoms with Gasteiger partial charge in [-0.3, -0.25) is 4.79 Å². The number of hydrogen-bond donors (Lipinski definition) is 1. The number of aliphatic carboxylic acids is 1. The zero-order valence-electron chi connectivity index (χ0n) is 9.97. The van der Waals surface area contributed by atoms with Gasteiger partial charge in [-0.2, -0.15) is 0 Å². The standard InChI is InChI=1S/C13H16O4/c1-16-10-6-5-9(7-11(10)17-2)12(13(14)15)8-3-4-8/h5-8,12H,3-4H2,1-2H3,(H,14,15)/t12-/m0/s1. The number of rotatable bonds is 5. The molecule has 4 heteroatoms. The third-order valence-electron chi connectivity index (χ3n) is 3.13. The maximum Gasteiger partial charge on any atom is 0.311 e. The minimum atomic E-state index is -0.764. The van der Waals surface area contributed by atoms with Crippen LogP contribution >= 0.6 is 0 Å². The highest BCUT2D eigenvalue weighted by Crippen LogP contribution is 2.44. The molecule has 1 saturated carbocycles. The first-order valence-corrected chi connectivity index (χ1v) is 5.62. The Labute approximate surface area is 100 Å². The van der Waals surface area contributed by atoms with Crippen molar-refractivity contribution < 1.29 is 19.4 Å². The molecule has 0 radical (unpaired) electrons. The number of methoxy groups -OCH3 is 2. The van der Waals surface area contributed by atoms with Crippen LogP contribution in [0.2, 0.25) is 0 Å². The predicted molar refractivity (Wildman–Crippen MR) is 62.6 cm³/mol. The maximum atomic E-state index is 11.3. The molecule has 1 aromatic rings. The molecule has 0 spiro atoms. The monoisotopic (exact) mass is 236 g/mol. The molecule has 1 fully saturated rings. The van der Waals surface area contributed by atoms with E-state index in [0.29, 0.717) is 11.5 Å². The van der Waals surface area contributed by atoms with E-state index in [1.807, 2.05) is 0 Å². The van der Waals surface area contributed by atoms with E-state index in [9.17, 15) is 9.90 Å². The Morgan fingerprint density at radius 3 is 2.41 bits per heavy atom. The number of carbonyl (C=O) groups is 1. The van der Waals surface area contributed by atoms with Gasteiger partial charge in [-0.15, -0.1) is 0 Å². The lowest BCUT2D eigenvalue weighted by Crippen LogP contribution is -2.13. The summed E-state index contributed by atoms with van der Waals surface area (Å²) >= 11 is 0. The Bertz CT molecular complexity index is 423. The fraction of sp³-hybridized carbons (Fsp3) is 0.462. The largest absolute Gasteiger partial charge is 0.493 e. The van der Waals surface area contributed by atoms with E-state index in [4.69, 9.17) is 9.47 Å². The predicted octanol–water partition coefficient (Wildman–Crippen LogP) is 2.28. The Kier molecular flexibility index (Phi) is 3.22. The van der Waals surface area contributed by atoms with E-state index in [1.54, 1.807) is 32.4 Å². The van der Waals surface area contributed by atoms with Crippen molar-refractivity contribution in [2.24, 2.45) is 5.92 Å². The number of benzene rings is 1. The average molecular weight is 236 g/mol. The van der Waals surface area contributed by atoms with E-state index in [2.05, 4.69) is 0 Å². The van der Waals surface area contributed by atoms with Crippen molar-refractivity contribution in [3.8, 4) is 11.5 Å². The fourth-order valence-electron chi connectivity index (χ4n) is 2.09. The molecular formula is C13H16O4. The van der Waals surface area contributed by atoms with Crippen LogP contribution in [0.5, 0.6) is 11.5 Å². The van der Waals surface area contributed by atoms with Crippen molar-refractivity contribution in [1.29, 1.82) is 0 Å². The van der Waals surface area contributed by atoms with Gasteiger partial charge < -0.3 is 14.6 Å². The second-order valence-electron chi connectivity index (χ2n) is 4.27. The van der Waals surface area contributed by atoms with Crippen molar-refractivity contribution in [2.45, 2.75) is 18.8 Å². The van der Waals surface area contributed by atoms with Gasteiger partial charge in [0.2, 0.25) is 0 Å². The summed E-state index contributed by atoms with van der Waals surface area (Å²) in [6.45, 7) is 0. The molecule has 1 N–H and O–H groups in total. The second kappa shape index (κ2) is 4.65. The van der Waals surface area contributed by atoms with Gasteiger partial charge in [-0.1, -0.05) is 6.07 Å². The van der Waals surface area contributed by atoms with Crippen LogP contribution in [0, 0.1) is 5.92 Å². The summed E-state index contributed by atoms with van der Waals surface area (Å²) in [6, 6.07) is 5.32.